The molecule has 140 valence electrons. The summed E-state index contributed by atoms with van der Waals surface area (Å²) in [4.78, 5) is 19.9. The molecule has 0 unspecified atom stereocenters. The fraction of sp³-hybridized carbons (Fsp3) is 0.238. The molecule has 2 aromatic carbocycles. The average Bonchev–Trinajstić information content (AvgIpc) is 3.16. The van der Waals surface area contributed by atoms with E-state index >= 15 is 0 Å². The van der Waals surface area contributed by atoms with Gasteiger partial charge in [-0.25, -0.2) is 4.39 Å². The van der Waals surface area contributed by atoms with Crippen molar-refractivity contribution in [2.75, 3.05) is 20.2 Å². The van der Waals surface area contributed by atoms with E-state index < -0.39 is 0 Å². The van der Waals surface area contributed by atoms with Crippen LogP contribution >= 0.6 is 0 Å². The largest absolute Gasteiger partial charge is 0.497 e. The van der Waals surface area contributed by atoms with Gasteiger partial charge in [-0.1, -0.05) is 29.4 Å². The molecule has 5 nitrogen and oxygen atoms in total. The van der Waals surface area contributed by atoms with Crippen LogP contribution in [0.5, 0.6) is 5.75 Å². The van der Waals surface area contributed by atoms with E-state index in [-0.39, 0.29) is 17.8 Å². The van der Waals surface area contributed by atoms with Gasteiger partial charge in [0.15, 0.2) is 6.10 Å². The Morgan fingerprint density at radius 3 is 2.74 bits per heavy atom. The molecule has 1 aliphatic heterocycles. The van der Waals surface area contributed by atoms with E-state index in [0.29, 0.717) is 42.1 Å². The smallest absolute Gasteiger partial charge is 0.254 e. The van der Waals surface area contributed by atoms with E-state index in [2.05, 4.69) is 11.7 Å². The number of carbonyl (C=O) groups is 1. The number of benzene rings is 2. The Kier molecular flexibility index (Phi) is 5.86. The van der Waals surface area contributed by atoms with Crippen molar-refractivity contribution < 1.29 is 18.8 Å². The topological polar surface area (TPSA) is 51.1 Å². The van der Waals surface area contributed by atoms with Crippen LogP contribution in [0.2, 0.25) is 0 Å². The third-order valence-electron chi connectivity index (χ3n) is 4.32. The summed E-state index contributed by atoms with van der Waals surface area (Å²) in [7, 11) is 1.57. The molecule has 0 bridgehead atoms. The molecule has 0 aliphatic carbocycles. The molecule has 0 saturated heterocycles. The second kappa shape index (κ2) is 8.49. The number of nitrogens with zero attached hydrogens (tertiary/aromatic N) is 2. The van der Waals surface area contributed by atoms with Crippen LogP contribution in [0.4, 0.5) is 4.39 Å². The fourth-order valence-corrected chi connectivity index (χ4v) is 2.94. The number of amides is 1. The van der Waals surface area contributed by atoms with Crippen LogP contribution in [-0.2, 0) is 4.84 Å². The van der Waals surface area contributed by atoms with Gasteiger partial charge in [-0.05, 0) is 30.3 Å². The van der Waals surface area contributed by atoms with Crippen LogP contribution in [0.3, 0.4) is 0 Å². The molecule has 1 atom stereocenters. The zero-order chi connectivity index (χ0) is 19.2. The van der Waals surface area contributed by atoms with Gasteiger partial charge in [0.05, 0.1) is 19.4 Å². The summed E-state index contributed by atoms with van der Waals surface area (Å²) in [5.74, 6) is 0.210. The van der Waals surface area contributed by atoms with Gasteiger partial charge in [0.25, 0.3) is 5.91 Å². The minimum atomic E-state index is -0.335. The zero-order valence-corrected chi connectivity index (χ0v) is 15.1. The van der Waals surface area contributed by atoms with Crippen LogP contribution in [0.1, 0.15) is 22.3 Å². The van der Waals surface area contributed by atoms with Crippen molar-refractivity contribution in [1.82, 2.24) is 4.90 Å². The van der Waals surface area contributed by atoms with Gasteiger partial charge in [0.1, 0.15) is 11.6 Å². The van der Waals surface area contributed by atoms with Crippen molar-refractivity contribution in [3.05, 3.63) is 78.1 Å². The maximum atomic E-state index is 13.9. The number of hydrogen-bond donors (Lipinski definition) is 0. The number of oxime groups is 1. The first-order chi connectivity index (χ1) is 13.1. The highest BCUT2D eigenvalue weighted by Gasteiger charge is 2.27. The Morgan fingerprint density at radius 2 is 2.07 bits per heavy atom. The summed E-state index contributed by atoms with van der Waals surface area (Å²) in [5, 5.41) is 4.01. The van der Waals surface area contributed by atoms with Crippen LogP contribution < -0.4 is 4.74 Å². The van der Waals surface area contributed by atoms with Gasteiger partial charge in [-0.2, -0.15) is 0 Å². The Morgan fingerprint density at radius 1 is 1.33 bits per heavy atom. The minimum Gasteiger partial charge on any atom is -0.497 e. The Labute approximate surface area is 157 Å². The van der Waals surface area contributed by atoms with E-state index in [9.17, 15) is 9.18 Å². The number of rotatable bonds is 7. The van der Waals surface area contributed by atoms with E-state index in [0.717, 1.165) is 0 Å². The summed E-state index contributed by atoms with van der Waals surface area (Å²) in [6.07, 6.45) is 1.76. The number of halogens is 1. The maximum Gasteiger partial charge on any atom is 0.254 e. The van der Waals surface area contributed by atoms with Crippen LogP contribution in [0.15, 0.2) is 66.3 Å². The first-order valence-electron chi connectivity index (χ1n) is 8.64. The molecular weight excluding hydrogens is 347 g/mol. The molecule has 0 fully saturated rings. The normalized spacial score (nSPS) is 15.6. The van der Waals surface area contributed by atoms with Crippen molar-refractivity contribution in [3.63, 3.8) is 0 Å². The molecule has 0 spiro atoms. The number of methoxy groups -OCH3 is 1. The van der Waals surface area contributed by atoms with Gasteiger partial charge in [-0.15, -0.1) is 6.58 Å². The second-order valence-corrected chi connectivity index (χ2v) is 6.18. The van der Waals surface area contributed by atoms with E-state index in [1.54, 1.807) is 60.6 Å². The summed E-state index contributed by atoms with van der Waals surface area (Å²) in [6, 6.07) is 13.4. The summed E-state index contributed by atoms with van der Waals surface area (Å²) in [5.41, 5.74) is 1.52. The summed E-state index contributed by atoms with van der Waals surface area (Å²) in [6.45, 7) is 4.43. The molecule has 1 heterocycles. The molecule has 1 aliphatic rings. The lowest BCUT2D eigenvalue weighted by molar-refractivity contribution is 0.0450. The van der Waals surface area contributed by atoms with E-state index in [1.165, 1.54) is 6.07 Å². The van der Waals surface area contributed by atoms with Gasteiger partial charge in [-0.3, -0.25) is 4.79 Å². The molecule has 0 radical (unpaired) electrons. The Hall–Kier alpha value is -3.15. The zero-order valence-electron chi connectivity index (χ0n) is 15.1. The molecule has 0 aromatic heterocycles. The molecule has 1 amide bonds. The van der Waals surface area contributed by atoms with Crippen LogP contribution in [0.25, 0.3) is 0 Å². The predicted molar refractivity (Wildman–Crippen MR) is 102 cm³/mol. The molecule has 3 rings (SSSR count). The summed E-state index contributed by atoms with van der Waals surface area (Å²) < 4.78 is 19.1. The van der Waals surface area contributed by atoms with Crippen molar-refractivity contribution in [3.8, 4) is 5.75 Å². The average molecular weight is 368 g/mol. The second-order valence-electron chi connectivity index (χ2n) is 6.18. The number of hydrogen-bond acceptors (Lipinski definition) is 4. The van der Waals surface area contributed by atoms with Gasteiger partial charge in [0.2, 0.25) is 0 Å². The third kappa shape index (κ3) is 4.34. The fourth-order valence-electron chi connectivity index (χ4n) is 2.94. The molecule has 27 heavy (non-hydrogen) atoms. The highest BCUT2D eigenvalue weighted by molar-refractivity contribution is 6.01. The van der Waals surface area contributed by atoms with Crippen molar-refractivity contribution in [2.24, 2.45) is 5.16 Å². The SMILES string of the molecule is C=CCN(C[C@H]1CC(c2ccccc2F)=NO1)C(=O)c1ccc(OC)cc1. The Bertz CT molecular complexity index is 849. The molecule has 0 N–H and O–H groups in total. The lowest BCUT2D eigenvalue weighted by atomic mass is 10.0. The maximum absolute atomic E-state index is 13.9. The minimum absolute atomic E-state index is 0.138. The van der Waals surface area contributed by atoms with Crippen molar-refractivity contribution in [2.45, 2.75) is 12.5 Å². The first kappa shape index (κ1) is 18.6. The molecular formula is C21H21FN2O3. The predicted octanol–water partition coefficient (Wildman–Crippen LogP) is 3.66. The lowest BCUT2D eigenvalue weighted by Crippen LogP contribution is -2.37. The van der Waals surface area contributed by atoms with Crippen molar-refractivity contribution in [1.29, 1.82) is 0 Å². The number of carbonyl (C=O) groups excluding carboxylic acids is 1. The third-order valence-corrected chi connectivity index (χ3v) is 4.32. The molecule has 0 saturated carbocycles. The standard InChI is InChI=1S/C21H21FN2O3/c1-3-12-24(21(25)15-8-10-16(26-2)11-9-15)14-17-13-20(23-27-17)18-6-4-5-7-19(18)22/h3-11,17H,1,12-14H2,2H3/t17-/m1/s1. The van der Waals surface area contributed by atoms with Gasteiger partial charge < -0.3 is 14.5 Å². The van der Waals surface area contributed by atoms with Crippen LogP contribution in [-0.4, -0.2) is 42.8 Å². The van der Waals surface area contributed by atoms with E-state index in [1.807, 2.05) is 0 Å². The van der Waals surface area contributed by atoms with Crippen LogP contribution in [0, 0.1) is 5.82 Å². The van der Waals surface area contributed by atoms with Gasteiger partial charge in [0, 0.05) is 24.1 Å². The van der Waals surface area contributed by atoms with Crippen molar-refractivity contribution >= 4 is 11.6 Å². The summed E-state index contributed by atoms with van der Waals surface area (Å²) >= 11 is 0. The number of ether oxygens (including phenoxy) is 1. The quantitative estimate of drug-likeness (QED) is 0.701. The first-order valence-corrected chi connectivity index (χ1v) is 8.64. The molecule has 6 heteroatoms. The highest BCUT2D eigenvalue weighted by Crippen LogP contribution is 2.21. The highest BCUT2D eigenvalue weighted by atomic mass is 19.1. The monoisotopic (exact) mass is 368 g/mol. The molecule has 2 aromatic rings. The van der Waals surface area contributed by atoms with E-state index in [4.69, 9.17) is 9.57 Å². The van der Waals surface area contributed by atoms with Gasteiger partial charge >= 0.3 is 0 Å². The lowest BCUT2D eigenvalue weighted by Gasteiger charge is -2.23. The Balaban J connectivity index is 1.67.